The van der Waals surface area contributed by atoms with Crippen LogP contribution >= 0.6 is 23.2 Å². The number of hydrogen-bond donors (Lipinski definition) is 2. The molecule has 11 heteroatoms. The van der Waals surface area contributed by atoms with Gasteiger partial charge in [-0.2, -0.15) is 0 Å². The molecule has 40 heavy (non-hydrogen) atoms. The highest BCUT2D eigenvalue weighted by molar-refractivity contribution is 6.32. The fourth-order valence-corrected chi connectivity index (χ4v) is 4.90. The molecule has 0 amide bonds. The van der Waals surface area contributed by atoms with E-state index in [1.807, 2.05) is 66.7 Å². The lowest BCUT2D eigenvalue weighted by atomic mass is 10.1. The molecule has 2 N–H and O–H groups in total. The van der Waals surface area contributed by atoms with Crippen LogP contribution in [0, 0.1) is 20.2 Å². The van der Waals surface area contributed by atoms with Gasteiger partial charge in [0.25, 0.3) is 11.4 Å². The van der Waals surface area contributed by atoms with Gasteiger partial charge in [-0.15, -0.1) is 0 Å². The van der Waals surface area contributed by atoms with Crippen LogP contribution in [0.1, 0.15) is 10.4 Å². The van der Waals surface area contributed by atoms with Gasteiger partial charge in [0.1, 0.15) is 11.0 Å². The smallest absolute Gasteiger partial charge is 0.294 e. The van der Waals surface area contributed by atoms with Crippen LogP contribution in [0.3, 0.4) is 0 Å². The van der Waals surface area contributed by atoms with Gasteiger partial charge in [0.2, 0.25) is 0 Å². The number of nitrogens with zero attached hydrogens (tertiary/aromatic N) is 2. The summed E-state index contributed by atoms with van der Waals surface area (Å²) in [7, 11) is 0. The minimum Gasteiger partial charge on any atom is -0.349 e. The van der Waals surface area contributed by atoms with Crippen LogP contribution in [0.15, 0.2) is 91.0 Å². The summed E-state index contributed by atoms with van der Waals surface area (Å²) in [5, 5.41) is 24.0. The average Bonchev–Trinajstić information content (AvgIpc) is 3.54. The van der Waals surface area contributed by atoms with E-state index in [1.165, 1.54) is 12.1 Å². The molecule has 0 aliphatic carbocycles. The Labute approximate surface area is 236 Å². The minimum absolute atomic E-state index is 0.00955. The first-order valence-corrected chi connectivity index (χ1v) is 12.5. The molecule has 0 aliphatic rings. The Morgan fingerprint density at radius 2 is 1.23 bits per heavy atom. The number of carbonyl (C=O) groups is 1. The number of benzene rings is 4. The standard InChI is InChI=1S/C15H9ClN2O3.C14H9ClN2O2/c16-10-6-11-12(8-19)14(9-4-2-1-3-5-9)17-15(11)13(7-10)18(20)21;15-11-6-10-7-12(9-4-2-1-3-5-9)16-14(10)13(8-11)17(18)19/h1-8,17H;1-8,16H. The fourth-order valence-electron chi connectivity index (χ4n) is 4.47. The van der Waals surface area contributed by atoms with Crippen LogP contribution in [-0.4, -0.2) is 26.1 Å². The first kappa shape index (κ1) is 26.6. The monoisotopic (exact) mass is 572 g/mol. The average molecular weight is 573 g/mol. The molecule has 0 saturated heterocycles. The summed E-state index contributed by atoms with van der Waals surface area (Å²) in [6, 6.07) is 26.6. The number of non-ortho nitro benzene ring substituents is 2. The van der Waals surface area contributed by atoms with Gasteiger partial charge in [0, 0.05) is 44.2 Å². The third-order valence-electron chi connectivity index (χ3n) is 6.22. The van der Waals surface area contributed by atoms with E-state index in [0.717, 1.165) is 22.2 Å². The first-order valence-electron chi connectivity index (χ1n) is 11.8. The summed E-state index contributed by atoms with van der Waals surface area (Å²) in [5.74, 6) is 0. The Morgan fingerprint density at radius 3 is 1.80 bits per heavy atom. The third-order valence-corrected chi connectivity index (χ3v) is 6.66. The lowest BCUT2D eigenvalue weighted by Crippen LogP contribution is -1.89. The van der Waals surface area contributed by atoms with Crippen molar-refractivity contribution in [3.8, 4) is 22.5 Å². The molecule has 2 heterocycles. The quantitative estimate of drug-likeness (QED) is 0.121. The van der Waals surface area contributed by atoms with Crippen molar-refractivity contribution in [1.82, 2.24) is 9.97 Å². The van der Waals surface area contributed by atoms with Crippen molar-refractivity contribution >= 4 is 62.7 Å². The molecule has 0 atom stereocenters. The number of aromatic nitrogens is 2. The molecule has 0 fully saturated rings. The summed E-state index contributed by atoms with van der Waals surface area (Å²) < 4.78 is 0. The van der Waals surface area contributed by atoms with E-state index >= 15 is 0 Å². The van der Waals surface area contributed by atoms with Crippen LogP contribution in [0.5, 0.6) is 0 Å². The number of halogens is 2. The summed E-state index contributed by atoms with van der Waals surface area (Å²) in [6.45, 7) is 0. The topological polar surface area (TPSA) is 135 Å². The Kier molecular flexibility index (Phi) is 7.33. The summed E-state index contributed by atoms with van der Waals surface area (Å²) in [6.07, 6.45) is 0.682. The van der Waals surface area contributed by atoms with Gasteiger partial charge in [-0.3, -0.25) is 25.0 Å². The highest BCUT2D eigenvalue weighted by Crippen LogP contribution is 2.36. The molecular weight excluding hydrogens is 555 g/mol. The lowest BCUT2D eigenvalue weighted by molar-refractivity contribution is -0.383. The van der Waals surface area contributed by atoms with Crippen molar-refractivity contribution in [1.29, 1.82) is 0 Å². The Balaban J connectivity index is 0.000000162. The molecule has 9 nitrogen and oxygen atoms in total. The zero-order chi connectivity index (χ0) is 28.4. The number of nitro benzene ring substituents is 2. The largest absolute Gasteiger partial charge is 0.349 e. The minimum atomic E-state index is -0.520. The molecule has 2 aromatic heterocycles. The number of aromatic amines is 2. The fraction of sp³-hybridized carbons (Fsp3) is 0. The first-order chi connectivity index (χ1) is 19.3. The van der Waals surface area contributed by atoms with Crippen LogP contribution in [0.2, 0.25) is 10.0 Å². The molecule has 0 radical (unpaired) electrons. The molecule has 0 bridgehead atoms. The summed E-state index contributed by atoms with van der Waals surface area (Å²) >= 11 is 11.8. The number of aldehydes is 1. The Bertz CT molecular complexity index is 1900. The number of hydrogen-bond acceptors (Lipinski definition) is 5. The Hall–Kier alpha value is -4.99. The van der Waals surface area contributed by atoms with Crippen LogP contribution < -0.4 is 0 Å². The van der Waals surface area contributed by atoms with E-state index in [2.05, 4.69) is 9.97 Å². The van der Waals surface area contributed by atoms with Gasteiger partial charge >= 0.3 is 0 Å². The zero-order valence-electron chi connectivity index (χ0n) is 20.4. The summed E-state index contributed by atoms with van der Waals surface area (Å²) in [4.78, 5) is 38.7. The van der Waals surface area contributed by atoms with Gasteiger partial charge in [-0.05, 0) is 29.3 Å². The number of fused-ring (bicyclic) bond motifs is 2. The number of nitro groups is 2. The summed E-state index contributed by atoms with van der Waals surface area (Å²) in [5.41, 5.74) is 4.13. The molecule has 198 valence electrons. The van der Waals surface area contributed by atoms with E-state index < -0.39 is 9.85 Å². The second kappa shape index (κ2) is 11.0. The maximum absolute atomic E-state index is 11.4. The van der Waals surface area contributed by atoms with Crippen molar-refractivity contribution in [3.63, 3.8) is 0 Å². The van der Waals surface area contributed by atoms with Gasteiger partial charge < -0.3 is 9.97 Å². The highest BCUT2D eigenvalue weighted by Gasteiger charge is 2.21. The molecule has 0 aliphatic heterocycles. The lowest BCUT2D eigenvalue weighted by Gasteiger charge is -1.98. The normalized spacial score (nSPS) is 10.8. The molecule has 4 aromatic carbocycles. The van der Waals surface area contributed by atoms with Crippen molar-refractivity contribution in [3.05, 3.63) is 127 Å². The van der Waals surface area contributed by atoms with Crippen LogP contribution in [0.4, 0.5) is 11.4 Å². The molecule has 6 aromatic rings. The van der Waals surface area contributed by atoms with Gasteiger partial charge in [-0.25, -0.2) is 0 Å². The van der Waals surface area contributed by atoms with E-state index in [4.69, 9.17) is 23.2 Å². The Morgan fingerprint density at radius 1 is 0.675 bits per heavy atom. The second-order valence-corrected chi connectivity index (χ2v) is 9.57. The van der Waals surface area contributed by atoms with Crippen molar-refractivity contribution < 1.29 is 14.6 Å². The van der Waals surface area contributed by atoms with E-state index in [1.54, 1.807) is 12.1 Å². The highest BCUT2D eigenvalue weighted by atomic mass is 35.5. The van der Waals surface area contributed by atoms with Crippen molar-refractivity contribution in [2.24, 2.45) is 0 Å². The van der Waals surface area contributed by atoms with Crippen molar-refractivity contribution in [2.45, 2.75) is 0 Å². The predicted octanol–water partition coefficient (Wildman–Crippen LogP) is 8.61. The molecular formula is C29H18Cl2N4O5. The van der Waals surface area contributed by atoms with E-state index in [9.17, 15) is 25.0 Å². The van der Waals surface area contributed by atoms with Crippen LogP contribution in [0.25, 0.3) is 44.3 Å². The van der Waals surface area contributed by atoms with Gasteiger partial charge in [0.05, 0.1) is 15.5 Å². The maximum Gasteiger partial charge on any atom is 0.294 e. The molecule has 0 saturated carbocycles. The van der Waals surface area contributed by atoms with Crippen molar-refractivity contribution in [2.75, 3.05) is 0 Å². The number of nitrogens with one attached hydrogen (secondary N) is 2. The molecule has 0 unspecified atom stereocenters. The zero-order valence-corrected chi connectivity index (χ0v) is 21.9. The molecule has 6 rings (SSSR count). The van der Waals surface area contributed by atoms with Gasteiger partial charge in [-0.1, -0.05) is 83.9 Å². The molecule has 0 spiro atoms. The SMILES string of the molecule is O=Cc1c(-c2ccccc2)[nH]c2c([N+](=O)[O-])cc(Cl)cc12.O=[N+]([O-])c1cc(Cl)cc2cc(-c3ccccc3)[nH]c12. The third kappa shape index (κ3) is 5.15. The predicted molar refractivity (Wildman–Crippen MR) is 156 cm³/mol. The van der Waals surface area contributed by atoms with Gasteiger partial charge in [0.15, 0.2) is 6.29 Å². The van der Waals surface area contributed by atoms with E-state index in [0.29, 0.717) is 39.0 Å². The van der Waals surface area contributed by atoms with Crippen LogP contribution in [-0.2, 0) is 0 Å². The second-order valence-electron chi connectivity index (χ2n) is 8.70. The number of H-pyrrole nitrogens is 2. The number of carbonyl (C=O) groups excluding carboxylic acids is 1. The maximum atomic E-state index is 11.4. The number of rotatable bonds is 5. The van der Waals surface area contributed by atoms with E-state index in [-0.39, 0.29) is 16.4 Å².